The van der Waals surface area contributed by atoms with Gasteiger partial charge in [0.2, 0.25) is 5.82 Å². The van der Waals surface area contributed by atoms with E-state index in [1.54, 1.807) is 0 Å². The van der Waals surface area contributed by atoms with E-state index in [0.717, 1.165) is 6.07 Å². The third-order valence-electron chi connectivity index (χ3n) is 2.86. The molecule has 0 saturated carbocycles. The third-order valence-corrected chi connectivity index (χ3v) is 2.86. The first-order chi connectivity index (χ1) is 8.04. The molecule has 0 aliphatic heterocycles. The molecule has 0 fully saturated rings. The van der Waals surface area contributed by atoms with Crippen molar-refractivity contribution >= 4 is 5.78 Å². The van der Waals surface area contributed by atoms with E-state index in [9.17, 15) is 13.6 Å². The van der Waals surface area contributed by atoms with Gasteiger partial charge in [-0.1, -0.05) is 13.8 Å². The smallest absolute Gasteiger partial charge is 0.200 e. The fourth-order valence-electron chi connectivity index (χ4n) is 1.75. The predicted octanol–water partition coefficient (Wildman–Crippen LogP) is 3.59. The van der Waals surface area contributed by atoms with Gasteiger partial charge < -0.3 is 4.74 Å². The van der Waals surface area contributed by atoms with E-state index in [1.165, 1.54) is 13.2 Å². The highest BCUT2D eigenvalue weighted by Crippen LogP contribution is 2.24. The van der Waals surface area contributed by atoms with E-state index >= 15 is 0 Å². The Bertz CT molecular complexity index is 412. The molecule has 0 atom stereocenters. The molecule has 0 aromatic heterocycles. The second kappa shape index (κ2) is 5.75. The van der Waals surface area contributed by atoms with Gasteiger partial charge in [-0.3, -0.25) is 4.79 Å². The van der Waals surface area contributed by atoms with Crippen LogP contribution in [0.1, 0.15) is 37.0 Å². The van der Waals surface area contributed by atoms with E-state index in [1.807, 2.05) is 13.8 Å². The van der Waals surface area contributed by atoms with Crippen LogP contribution >= 0.6 is 0 Å². The lowest BCUT2D eigenvalue weighted by Gasteiger charge is -2.12. The summed E-state index contributed by atoms with van der Waals surface area (Å²) < 4.78 is 31.1. The Labute approximate surface area is 99.6 Å². The van der Waals surface area contributed by atoms with Crippen molar-refractivity contribution in [3.63, 3.8) is 0 Å². The molecule has 0 N–H and O–H groups in total. The summed E-state index contributed by atoms with van der Waals surface area (Å²) in [5.41, 5.74) is 0.162. The van der Waals surface area contributed by atoms with Crippen molar-refractivity contribution < 1.29 is 18.3 Å². The van der Waals surface area contributed by atoms with E-state index in [4.69, 9.17) is 4.74 Å². The number of hydrogen-bond acceptors (Lipinski definition) is 2. The Morgan fingerprint density at radius 3 is 2.35 bits per heavy atom. The van der Waals surface area contributed by atoms with Crippen molar-refractivity contribution in [3.8, 4) is 5.75 Å². The van der Waals surface area contributed by atoms with Gasteiger partial charge in [-0.05, 0) is 25.0 Å². The van der Waals surface area contributed by atoms with Crippen LogP contribution in [0, 0.1) is 17.6 Å². The normalized spacial score (nSPS) is 10.7. The second-order valence-electron chi connectivity index (χ2n) is 3.85. The number of benzene rings is 1. The molecule has 0 aliphatic rings. The molecular formula is C13H16F2O2. The van der Waals surface area contributed by atoms with Crippen LogP contribution in [0.2, 0.25) is 0 Å². The Balaban J connectivity index is 3.15. The zero-order valence-electron chi connectivity index (χ0n) is 10.2. The summed E-state index contributed by atoms with van der Waals surface area (Å²) in [6, 6.07) is 2.18. The van der Waals surface area contributed by atoms with Crippen LogP contribution in [0.5, 0.6) is 5.75 Å². The summed E-state index contributed by atoms with van der Waals surface area (Å²) in [7, 11) is 1.24. The Kier molecular flexibility index (Phi) is 4.61. The molecule has 1 rings (SSSR count). The lowest BCUT2D eigenvalue weighted by molar-refractivity contribution is 0.0912. The van der Waals surface area contributed by atoms with Crippen molar-refractivity contribution in [2.75, 3.05) is 7.11 Å². The molecule has 0 aliphatic carbocycles. The van der Waals surface area contributed by atoms with Crippen LogP contribution in [0.4, 0.5) is 8.78 Å². The molecule has 2 nitrogen and oxygen atoms in total. The van der Waals surface area contributed by atoms with Crippen LogP contribution in [0.25, 0.3) is 0 Å². The fourth-order valence-corrected chi connectivity index (χ4v) is 1.75. The molecule has 0 spiro atoms. The van der Waals surface area contributed by atoms with Crippen LogP contribution in [-0.4, -0.2) is 12.9 Å². The van der Waals surface area contributed by atoms with Gasteiger partial charge in [-0.15, -0.1) is 0 Å². The minimum Gasteiger partial charge on any atom is -0.494 e. The van der Waals surface area contributed by atoms with Gasteiger partial charge in [0, 0.05) is 11.5 Å². The first-order valence-electron chi connectivity index (χ1n) is 5.62. The molecule has 1 aromatic rings. The van der Waals surface area contributed by atoms with E-state index in [2.05, 4.69) is 0 Å². The average molecular weight is 242 g/mol. The summed E-state index contributed by atoms with van der Waals surface area (Å²) in [6.07, 6.45) is 1.35. The van der Waals surface area contributed by atoms with Crippen LogP contribution in [0.3, 0.4) is 0 Å². The monoisotopic (exact) mass is 242 g/mol. The molecule has 4 heteroatoms. The Hall–Kier alpha value is -1.45. The van der Waals surface area contributed by atoms with Gasteiger partial charge in [-0.2, -0.15) is 4.39 Å². The summed E-state index contributed by atoms with van der Waals surface area (Å²) in [4.78, 5) is 12.0. The van der Waals surface area contributed by atoms with Gasteiger partial charge in [-0.25, -0.2) is 4.39 Å². The topological polar surface area (TPSA) is 26.3 Å². The van der Waals surface area contributed by atoms with Gasteiger partial charge >= 0.3 is 0 Å². The average Bonchev–Trinajstić information content (AvgIpc) is 2.33. The summed E-state index contributed by atoms with van der Waals surface area (Å²) >= 11 is 0. The molecule has 17 heavy (non-hydrogen) atoms. The molecule has 1 aromatic carbocycles. The zero-order valence-corrected chi connectivity index (χ0v) is 10.2. The number of ether oxygens (including phenoxy) is 1. The van der Waals surface area contributed by atoms with Crippen LogP contribution < -0.4 is 4.74 Å². The van der Waals surface area contributed by atoms with Crippen molar-refractivity contribution in [2.45, 2.75) is 26.7 Å². The Morgan fingerprint density at radius 1 is 1.29 bits per heavy atom. The highest BCUT2D eigenvalue weighted by atomic mass is 19.2. The molecule has 94 valence electrons. The SMILES string of the molecule is CCC(CC)C(=O)c1cc(F)c(F)c(OC)c1. The van der Waals surface area contributed by atoms with Crippen molar-refractivity contribution in [1.82, 2.24) is 0 Å². The number of Topliss-reactive ketones (excluding diaryl/α,β-unsaturated/α-hetero) is 1. The molecule has 0 bridgehead atoms. The number of methoxy groups -OCH3 is 1. The molecule has 0 amide bonds. The van der Waals surface area contributed by atoms with Gasteiger partial charge in [0.15, 0.2) is 17.3 Å². The van der Waals surface area contributed by atoms with Crippen molar-refractivity contribution in [2.24, 2.45) is 5.92 Å². The summed E-state index contributed by atoms with van der Waals surface area (Å²) in [6.45, 7) is 3.78. The third kappa shape index (κ3) is 2.81. The minimum atomic E-state index is -1.06. The van der Waals surface area contributed by atoms with E-state index in [0.29, 0.717) is 12.8 Å². The van der Waals surface area contributed by atoms with Crippen LogP contribution in [0.15, 0.2) is 12.1 Å². The zero-order chi connectivity index (χ0) is 13.0. The van der Waals surface area contributed by atoms with E-state index in [-0.39, 0.29) is 23.0 Å². The lowest BCUT2D eigenvalue weighted by Crippen LogP contribution is -2.14. The predicted molar refractivity (Wildman–Crippen MR) is 61.3 cm³/mol. The molecular weight excluding hydrogens is 226 g/mol. The molecule has 0 unspecified atom stereocenters. The first kappa shape index (κ1) is 13.6. The Morgan fingerprint density at radius 2 is 1.88 bits per heavy atom. The maximum Gasteiger partial charge on any atom is 0.200 e. The number of rotatable bonds is 5. The van der Waals surface area contributed by atoms with Gasteiger partial charge in [0.05, 0.1) is 7.11 Å². The number of carbonyl (C=O) groups is 1. The summed E-state index contributed by atoms with van der Waals surface area (Å²) in [5.74, 6) is -2.69. The highest BCUT2D eigenvalue weighted by Gasteiger charge is 2.20. The minimum absolute atomic E-state index is 0.162. The second-order valence-corrected chi connectivity index (χ2v) is 3.85. The fraction of sp³-hybridized carbons (Fsp3) is 0.462. The highest BCUT2D eigenvalue weighted by molar-refractivity contribution is 5.98. The molecule has 0 radical (unpaired) electrons. The largest absolute Gasteiger partial charge is 0.494 e. The first-order valence-corrected chi connectivity index (χ1v) is 5.62. The van der Waals surface area contributed by atoms with Crippen molar-refractivity contribution in [1.29, 1.82) is 0 Å². The van der Waals surface area contributed by atoms with Crippen molar-refractivity contribution in [3.05, 3.63) is 29.3 Å². The quantitative estimate of drug-likeness (QED) is 0.737. The van der Waals surface area contributed by atoms with Crippen LogP contribution in [-0.2, 0) is 0 Å². The number of ketones is 1. The maximum atomic E-state index is 13.3. The lowest BCUT2D eigenvalue weighted by atomic mass is 9.93. The van der Waals surface area contributed by atoms with Gasteiger partial charge in [0.25, 0.3) is 0 Å². The summed E-state index contributed by atoms with van der Waals surface area (Å²) in [5, 5.41) is 0. The molecule has 0 saturated heterocycles. The van der Waals surface area contributed by atoms with Gasteiger partial charge in [0.1, 0.15) is 0 Å². The van der Waals surface area contributed by atoms with E-state index < -0.39 is 11.6 Å². The standard InChI is InChI=1S/C13H16F2O2/c1-4-8(5-2)13(16)9-6-10(14)12(15)11(7-9)17-3/h6-8H,4-5H2,1-3H3. The maximum absolute atomic E-state index is 13.3. The number of carbonyl (C=O) groups excluding carboxylic acids is 1. The number of hydrogen-bond donors (Lipinski definition) is 0. The molecule has 0 heterocycles. The number of halogens is 2.